The molecule has 1 aromatic heterocycles. The average molecular weight is 554 g/mol. The van der Waals surface area contributed by atoms with E-state index in [-0.39, 0.29) is 35.9 Å². The molecule has 1 spiro atoms. The summed E-state index contributed by atoms with van der Waals surface area (Å²) in [5.41, 5.74) is 1.41. The number of benzene rings is 1. The Hall–Kier alpha value is -3.21. The van der Waals surface area contributed by atoms with Gasteiger partial charge in [0.1, 0.15) is 0 Å². The highest BCUT2D eigenvalue weighted by Gasteiger charge is 2.53. The summed E-state index contributed by atoms with van der Waals surface area (Å²) < 4.78 is 20.8. The van der Waals surface area contributed by atoms with Crippen LogP contribution in [0, 0.1) is 18.3 Å². The van der Waals surface area contributed by atoms with Gasteiger partial charge in [-0.05, 0) is 38.2 Å². The first-order valence-corrected chi connectivity index (χ1v) is 14.7. The van der Waals surface area contributed by atoms with Crippen molar-refractivity contribution in [3.63, 3.8) is 0 Å². The fourth-order valence-corrected chi connectivity index (χ4v) is 7.16. The number of aryl methyl sites for hydroxylation is 1. The molecule has 1 aliphatic carbocycles. The third kappa shape index (κ3) is 5.08. The molecule has 5 heterocycles. The Morgan fingerprint density at radius 3 is 2.79 bits per heavy atom. The zero-order valence-corrected chi connectivity index (χ0v) is 23.1. The van der Waals surface area contributed by atoms with E-state index in [0.717, 1.165) is 35.9 Å². The summed E-state index contributed by atoms with van der Waals surface area (Å²) in [7, 11) is 0. The number of ether oxygens (including phenoxy) is 2. The lowest BCUT2D eigenvalue weighted by molar-refractivity contribution is -0.131. The smallest absolute Gasteiger partial charge is 0.275 e. The molecule has 1 aromatic carbocycles. The molecule has 2 atom stereocenters. The van der Waals surface area contributed by atoms with Gasteiger partial charge in [-0.15, -0.1) is 0 Å². The predicted molar refractivity (Wildman–Crippen MR) is 144 cm³/mol. The van der Waals surface area contributed by atoms with Crippen LogP contribution in [0.15, 0.2) is 18.2 Å². The number of carbonyl (C=O) groups is 3. The van der Waals surface area contributed by atoms with Gasteiger partial charge in [0.05, 0.1) is 37.2 Å². The minimum atomic E-state index is -0.457. The van der Waals surface area contributed by atoms with Gasteiger partial charge in [0.15, 0.2) is 17.2 Å². The van der Waals surface area contributed by atoms with Gasteiger partial charge >= 0.3 is 0 Å². The molecule has 208 valence electrons. The van der Waals surface area contributed by atoms with Crippen LogP contribution in [0.3, 0.4) is 0 Å². The summed E-state index contributed by atoms with van der Waals surface area (Å²) >= 11 is 0.989. The lowest BCUT2D eigenvalue weighted by Gasteiger charge is -2.40. The van der Waals surface area contributed by atoms with Crippen LogP contribution in [0.5, 0.6) is 11.5 Å². The first-order valence-electron chi connectivity index (χ1n) is 13.9. The van der Waals surface area contributed by atoms with Crippen molar-refractivity contribution in [3.05, 3.63) is 35.2 Å². The van der Waals surface area contributed by atoms with Crippen LogP contribution in [0.4, 0.5) is 0 Å². The van der Waals surface area contributed by atoms with Crippen molar-refractivity contribution >= 4 is 29.4 Å². The summed E-state index contributed by atoms with van der Waals surface area (Å²) in [6, 6.07) is 5.93. The molecular weight excluding hydrogens is 518 g/mol. The number of rotatable bonds is 3. The summed E-state index contributed by atoms with van der Waals surface area (Å²) in [6.45, 7) is 4.23. The van der Waals surface area contributed by atoms with E-state index in [9.17, 15) is 14.4 Å². The molecule has 11 heteroatoms. The maximum atomic E-state index is 13.4. The van der Waals surface area contributed by atoms with Crippen LogP contribution < -0.4 is 14.8 Å². The maximum absolute atomic E-state index is 13.4. The summed E-state index contributed by atoms with van der Waals surface area (Å²) in [5.74, 6) is 1.53. The van der Waals surface area contributed by atoms with E-state index in [0.29, 0.717) is 69.6 Å². The molecule has 4 bridgehead atoms. The monoisotopic (exact) mass is 553 g/mol. The van der Waals surface area contributed by atoms with Gasteiger partial charge in [0.25, 0.3) is 5.91 Å². The molecule has 10 nitrogen and oxygen atoms in total. The van der Waals surface area contributed by atoms with Crippen molar-refractivity contribution in [1.29, 1.82) is 0 Å². The molecule has 0 radical (unpaired) electrons. The van der Waals surface area contributed by atoms with Crippen molar-refractivity contribution in [2.75, 3.05) is 45.9 Å². The van der Waals surface area contributed by atoms with Crippen LogP contribution in [0.1, 0.15) is 66.2 Å². The molecule has 0 unspecified atom stereocenters. The Kier molecular flexibility index (Phi) is 7.18. The second kappa shape index (κ2) is 10.7. The van der Waals surface area contributed by atoms with E-state index < -0.39 is 5.41 Å². The summed E-state index contributed by atoms with van der Waals surface area (Å²) in [5, 5.41) is 3.10. The second-order valence-electron chi connectivity index (χ2n) is 11.4. The molecular formula is C28H35N5O5S. The van der Waals surface area contributed by atoms with Crippen LogP contribution >= 0.6 is 11.7 Å². The van der Waals surface area contributed by atoms with Gasteiger partial charge in [-0.3, -0.25) is 14.4 Å². The van der Waals surface area contributed by atoms with E-state index >= 15 is 0 Å². The number of nitrogens with zero attached hydrogens (tertiary/aromatic N) is 4. The van der Waals surface area contributed by atoms with Gasteiger partial charge in [-0.1, -0.05) is 25.0 Å². The molecule has 39 heavy (non-hydrogen) atoms. The fraction of sp³-hybridized carbons (Fsp3) is 0.607. The Morgan fingerprint density at radius 2 is 2.00 bits per heavy atom. The van der Waals surface area contributed by atoms with E-state index in [1.54, 1.807) is 6.92 Å². The van der Waals surface area contributed by atoms with Crippen molar-refractivity contribution in [2.45, 2.75) is 51.4 Å². The molecule has 1 saturated heterocycles. The molecule has 3 amide bonds. The third-order valence-corrected chi connectivity index (χ3v) is 9.39. The topological polar surface area (TPSA) is 114 Å². The van der Waals surface area contributed by atoms with Crippen molar-refractivity contribution in [2.24, 2.45) is 11.3 Å². The lowest BCUT2D eigenvalue weighted by Crippen LogP contribution is -2.50. The highest BCUT2D eigenvalue weighted by atomic mass is 32.1. The number of hydrogen-bond acceptors (Lipinski definition) is 8. The van der Waals surface area contributed by atoms with Crippen molar-refractivity contribution in [1.82, 2.24) is 23.9 Å². The SMILES string of the molecule is Cc1nsnc1C(=O)N1CCCOc2cccc3c2OC[C@@]2(CNC(=O)C1)CN(C(=O)CC1CCCC1)C[C@@H]32. The van der Waals surface area contributed by atoms with Crippen LogP contribution in [0.2, 0.25) is 0 Å². The van der Waals surface area contributed by atoms with Gasteiger partial charge < -0.3 is 24.6 Å². The number of fused-ring (bicyclic) bond motifs is 9. The predicted octanol–water partition coefficient (Wildman–Crippen LogP) is 2.77. The minimum Gasteiger partial charge on any atom is -0.490 e. The van der Waals surface area contributed by atoms with E-state index in [1.807, 2.05) is 17.0 Å². The van der Waals surface area contributed by atoms with Gasteiger partial charge in [0, 0.05) is 49.5 Å². The second-order valence-corrected chi connectivity index (χ2v) is 11.9. The quantitative estimate of drug-likeness (QED) is 0.622. The molecule has 7 rings (SSSR count). The first kappa shape index (κ1) is 26.0. The summed E-state index contributed by atoms with van der Waals surface area (Å²) in [6.07, 6.45) is 5.80. The molecule has 4 aliphatic heterocycles. The highest BCUT2D eigenvalue weighted by Crippen LogP contribution is 2.52. The Morgan fingerprint density at radius 1 is 1.15 bits per heavy atom. The highest BCUT2D eigenvalue weighted by molar-refractivity contribution is 6.99. The normalized spacial score (nSPS) is 25.5. The van der Waals surface area contributed by atoms with E-state index in [4.69, 9.17) is 9.47 Å². The third-order valence-electron chi connectivity index (χ3n) is 8.77. The number of para-hydroxylation sites is 1. The molecule has 2 fully saturated rings. The standard InChI is InChI=1S/C28H35N5O5S/c1-18-25(31-39-30-18)27(36)32-10-5-11-37-22-9-4-8-20-21-13-33(24(35)12-19-6-2-3-7-19)16-28(21,17-38-26(20)22)15-29-23(34)14-32/h4,8-9,19,21H,2-3,5-7,10-17H2,1H3,(H,29,34)/t21-,28+/m0/s1. The van der Waals surface area contributed by atoms with Gasteiger partial charge in [0.2, 0.25) is 11.8 Å². The molecule has 5 aliphatic rings. The van der Waals surface area contributed by atoms with Crippen LogP contribution in [-0.4, -0.2) is 82.2 Å². The Balaban J connectivity index is 1.27. The van der Waals surface area contributed by atoms with E-state index in [2.05, 4.69) is 20.1 Å². The molecule has 1 N–H and O–H groups in total. The van der Waals surface area contributed by atoms with Crippen molar-refractivity contribution < 1.29 is 23.9 Å². The maximum Gasteiger partial charge on any atom is 0.275 e. The number of carbonyl (C=O) groups excluding carboxylic acids is 3. The average Bonchev–Trinajstić information content (AvgIpc) is 3.69. The molecule has 1 saturated carbocycles. The Labute approximate surface area is 232 Å². The molecule has 2 aromatic rings. The number of aromatic nitrogens is 2. The fourth-order valence-electron chi connectivity index (χ4n) is 6.61. The summed E-state index contributed by atoms with van der Waals surface area (Å²) in [4.78, 5) is 43.3. The van der Waals surface area contributed by atoms with E-state index in [1.165, 1.54) is 17.7 Å². The zero-order valence-electron chi connectivity index (χ0n) is 22.3. The van der Waals surface area contributed by atoms with Crippen LogP contribution in [0.25, 0.3) is 0 Å². The van der Waals surface area contributed by atoms with Crippen molar-refractivity contribution in [3.8, 4) is 11.5 Å². The largest absolute Gasteiger partial charge is 0.490 e. The first-order chi connectivity index (χ1) is 18.9. The Bertz CT molecular complexity index is 1260. The number of amides is 3. The number of hydrogen-bond donors (Lipinski definition) is 1. The minimum absolute atomic E-state index is 0.0158. The lowest BCUT2D eigenvalue weighted by atomic mass is 9.73. The number of likely N-dealkylation sites (tertiary alicyclic amines) is 1. The zero-order chi connectivity index (χ0) is 27.0. The number of nitrogens with one attached hydrogen (secondary N) is 1. The van der Waals surface area contributed by atoms with Gasteiger partial charge in [-0.25, -0.2) is 0 Å². The van der Waals surface area contributed by atoms with Crippen LogP contribution in [-0.2, 0) is 9.59 Å². The van der Waals surface area contributed by atoms with Gasteiger partial charge in [-0.2, -0.15) is 8.75 Å².